The predicted molar refractivity (Wildman–Crippen MR) is 82.6 cm³/mol. The van der Waals surface area contributed by atoms with Gasteiger partial charge in [-0.05, 0) is 32.4 Å². The van der Waals surface area contributed by atoms with E-state index >= 15 is 0 Å². The number of halogens is 2. The number of para-hydroxylation sites is 2. The zero-order valence-corrected chi connectivity index (χ0v) is 13.2. The molecular formula is C15H21F2N3O3. The molecule has 0 saturated carbocycles. The van der Waals surface area contributed by atoms with Gasteiger partial charge >= 0.3 is 12.6 Å². The van der Waals surface area contributed by atoms with Gasteiger partial charge in [0.1, 0.15) is 11.8 Å². The molecule has 0 heterocycles. The van der Waals surface area contributed by atoms with Crippen LogP contribution in [0, 0.1) is 0 Å². The Labute approximate surface area is 133 Å². The zero-order valence-electron chi connectivity index (χ0n) is 13.2. The highest BCUT2D eigenvalue weighted by Crippen LogP contribution is 2.25. The van der Waals surface area contributed by atoms with Crippen molar-refractivity contribution in [1.82, 2.24) is 10.6 Å². The largest absolute Gasteiger partial charge is 0.433 e. The van der Waals surface area contributed by atoms with Gasteiger partial charge in [0.15, 0.2) is 0 Å². The van der Waals surface area contributed by atoms with Crippen LogP contribution >= 0.6 is 0 Å². The first kappa shape index (κ1) is 18.7. The van der Waals surface area contributed by atoms with Gasteiger partial charge in [0, 0.05) is 6.04 Å². The van der Waals surface area contributed by atoms with Crippen LogP contribution in [0.5, 0.6) is 5.75 Å². The molecule has 6 nitrogen and oxygen atoms in total. The number of amides is 3. The molecule has 1 aromatic carbocycles. The van der Waals surface area contributed by atoms with E-state index in [0.717, 1.165) is 6.42 Å². The van der Waals surface area contributed by atoms with Gasteiger partial charge in [0.2, 0.25) is 5.91 Å². The summed E-state index contributed by atoms with van der Waals surface area (Å²) in [7, 11) is 0. The fourth-order valence-electron chi connectivity index (χ4n) is 1.66. The van der Waals surface area contributed by atoms with E-state index in [9.17, 15) is 18.4 Å². The minimum absolute atomic E-state index is 0.00465. The summed E-state index contributed by atoms with van der Waals surface area (Å²) in [6, 6.07) is 4.32. The molecule has 0 bridgehead atoms. The number of carbonyl (C=O) groups excluding carboxylic acids is 2. The fourth-order valence-corrected chi connectivity index (χ4v) is 1.66. The molecule has 1 rings (SSSR count). The Balaban J connectivity index is 2.61. The molecule has 3 amide bonds. The van der Waals surface area contributed by atoms with Gasteiger partial charge in [-0.3, -0.25) is 4.79 Å². The van der Waals surface area contributed by atoms with Gasteiger partial charge in [-0.15, -0.1) is 0 Å². The van der Waals surface area contributed by atoms with E-state index in [2.05, 4.69) is 20.7 Å². The summed E-state index contributed by atoms with van der Waals surface area (Å²) in [4.78, 5) is 23.7. The lowest BCUT2D eigenvalue weighted by Crippen LogP contribution is -2.48. The van der Waals surface area contributed by atoms with Crippen LogP contribution in [0.3, 0.4) is 0 Å². The highest BCUT2D eigenvalue weighted by Gasteiger charge is 2.18. The summed E-state index contributed by atoms with van der Waals surface area (Å²) < 4.78 is 28.9. The third-order valence-corrected chi connectivity index (χ3v) is 3.09. The number of hydrogen-bond donors (Lipinski definition) is 3. The van der Waals surface area contributed by atoms with Crippen molar-refractivity contribution in [2.75, 3.05) is 5.32 Å². The molecule has 2 unspecified atom stereocenters. The van der Waals surface area contributed by atoms with Crippen molar-refractivity contribution < 1.29 is 23.1 Å². The standard InChI is InChI=1S/C15H21F2N3O3/c1-4-9(2)18-13(21)10(3)19-15(22)20-11-7-5-6-8-12(11)23-14(16)17/h5-10,14H,4H2,1-3H3,(H,18,21)(H2,19,20,22). The molecular weight excluding hydrogens is 308 g/mol. The Bertz CT molecular complexity index is 540. The molecule has 0 fully saturated rings. The van der Waals surface area contributed by atoms with Crippen molar-refractivity contribution in [2.45, 2.75) is 45.9 Å². The zero-order chi connectivity index (χ0) is 17.4. The summed E-state index contributed by atoms with van der Waals surface area (Å²) in [5, 5.41) is 7.54. The smallest absolute Gasteiger partial charge is 0.387 e. The Hall–Kier alpha value is -2.38. The molecule has 0 aliphatic rings. The first-order valence-electron chi connectivity index (χ1n) is 7.25. The molecule has 0 saturated heterocycles. The Morgan fingerprint density at radius 2 is 1.83 bits per heavy atom. The van der Waals surface area contributed by atoms with Crippen LogP contribution in [0.4, 0.5) is 19.3 Å². The maximum atomic E-state index is 12.3. The molecule has 0 radical (unpaired) electrons. The number of benzene rings is 1. The quantitative estimate of drug-likeness (QED) is 0.719. The van der Waals surface area contributed by atoms with Crippen LogP contribution in [0.15, 0.2) is 24.3 Å². The van der Waals surface area contributed by atoms with Gasteiger partial charge in [-0.1, -0.05) is 19.1 Å². The summed E-state index contributed by atoms with van der Waals surface area (Å²) in [5.74, 6) is -0.485. The van der Waals surface area contributed by atoms with Crippen LogP contribution in [0.25, 0.3) is 0 Å². The Morgan fingerprint density at radius 1 is 1.17 bits per heavy atom. The normalized spacial score (nSPS) is 13.1. The van der Waals surface area contributed by atoms with Crippen molar-refractivity contribution in [2.24, 2.45) is 0 Å². The second-order valence-electron chi connectivity index (χ2n) is 5.01. The minimum atomic E-state index is -3.00. The van der Waals surface area contributed by atoms with Gasteiger partial charge in [-0.2, -0.15) is 8.78 Å². The highest BCUT2D eigenvalue weighted by atomic mass is 19.3. The van der Waals surface area contributed by atoms with E-state index in [0.29, 0.717) is 0 Å². The molecule has 8 heteroatoms. The van der Waals surface area contributed by atoms with E-state index < -0.39 is 18.7 Å². The molecule has 0 aliphatic carbocycles. The molecule has 0 aliphatic heterocycles. The van der Waals surface area contributed by atoms with Crippen LogP contribution in [-0.4, -0.2) is 30.6 Å². The maximum Gasteiger partial charge on any atom is 0.387 e. The van der Waals surface area contributed by atoms with Crippen LogP contribution in [-0.2, 0) is 4.79 Å². The number of nitrogens with one attached hydrogen (secondary N) is 3. The summed E-state index contributed by atoms with van der Waals surface area (Å²) in [6.45, 7) is 2.30. The molecule has 2 atom stereocenters. The second kappa shape index (κ2) is 8.92. The highest BCUT2D eigenvalue weighted by molar-refractivity contribution is 5.94. The number of ether oxygens (including phenoxy) is 1. The summed E-state index contributed by atoms with van der Waals surface area (Å²) in [6.07, 6.45) is 0.767. The number of anilines is 1. The second-order valence-corrected chi connectivity index (χ2v) is 5.01. The molecule has 0 aromatic heterocycles. The molecule has 0 spiro atoms. The number of rotatable bonds is 7. The van der Waals surface area contributed by atoms with Crippen LogP contribution in [0.2, 0.25) is 0 Å². The van der Waals surface area contributed by atoms with Gasteiger partial charge < -0.3 is 20.7 Å². The lowest BCUT2D eigenvalue weighted by Gasteiger charge is -2.18. The number of carbonyl (C=O) groups is 2. The van der Waals surface area contributed by atoms with Crippen molar-refractivity contribution >= 4 is 17.6 Å². The first-order chi connectivity index (χ1) is 10.8. The third kappa shape index (κ3) is 6.50. The molecule has 3 N–H and O–H groups in total. The topological polar surface area (TPSA) is 79.5 Å². The van der Waals surface area contributed by atoms with Crippen LogP contribution < -0.4 is 20.7 Å². The van der Waals surface area contributed by atoms with Gasteiger partial charge in [0.05, 0.1) is 5.69 Å². The predicted octanol–water partition coefficient (Wildman–Crippen LogP) is 2.71. The third-order valence-electron chi connectivity index (χ3n) is 3.09. The average Bonchev–Trinajstić information content (AvgIpc) is 2.48. The lowest BCUT2D eigenvalue weighted by molar-refractivity contribution is -0.123. The lowest BCUT2D eigenvalue weighted by atomic mass is 10.2. The number of urea groups is 1. The Morgan fingerprint density at radius 3 is 2.43 bits per heavy atom. The molecule has 23 heavy (non-hydrogen) atoms. The summed E-state index contributed by atoms with van der Waals surface area (Å²) >= 11 is 0. The minimum Gasteiger partial charge on any atom is -0.433 e. The van der Waals surface area contributed by atoms with Gasteiger partial charge in [0.25, 0.3) is 0 Å². The van der Waals surface area contributed by atoms with Crippen molar-refractivity contribution in [3.05, 3.63) is 24.3 Å². The Kier molecular flexibility index (Phi) is 7.24. The van der Waals surface area contributed by atoms with E-state index in [4.69, 9.17) is 0 Å². The van der Waals surface area contributed by atoms with E-state index in [1.807, 2.05) is 13.8 Å². The molecule has 1 aromatic rings. The van der Waals surface area contributed by atoms with Crippen LogP contribution in [0.1, 0.15) is 27.2 Å². The molecule has 128 valence electrons. The first-order valence-corrected chi connectivity index (χ1v) is 7.25. The monoisotopic (exact) mass is 329 g/mol. The van der Waals surface area contributed by atoms with E-state index in [1.54, 1.807) is 6.07 Å². The van der Waals surface area contributed by atoms with Gasteiger partial charge in [-0.25, -0.2) is 4.79 Å². The van der Waals surface area contributed by atoms with Crippen molar-refractivity contribution in [3.8, 4) is 5.75 Å². The van der Waals surface area contributed by atoms with Crippen molar-refractivity contribution in [3.63, 3.8) is 0 Å². The number of hydrogen-bond acceptors (Lipinski definition) is 3. The maximum absolute atomic E-state index is 12.3. The SMILES string of the molecule is CCC(C)NC(=O)C(C)NC(=O)Nc1ccccc1OC(F)F. The number of alkyl halides is 2. The van der Waals surface area contributed by atoms with E-state index in [-0.39, 0.29) is 23.4 Å². The van der Waals surface area contributed by atoms with Crippen molar-refractivity contribution in [1.29, 1.82) is 0 Å². The van der Waals surface area contributed by atoms with E-state index in [1.165, 1.54) is 25.1 Å². The average molecular weight is 329 g/mol. The summed E-state index contributed by atoms with van der Waals surface area (Å²) in [5.41, 5.74) is 0.0832. The fraction of sp³-hybridized carbons (Fsp3) is 0.467.